The molecule has 5 atom stereocenters. The Morgan fingerprint density at radius 1 is 1.26 bits per heavy atom. The van der Waals surface area contributed by atoms with Crippen LogP contribution in [-0.4, -0.2) is 12.2 Å². The summed E-state index contributed by atoms with van der Waals surface area (Å²) >= 11 is 0. The Labute approximate surface area is 112 Å². The van der Waals surface area contributed by atoms with Gasteiger partial charge in [-0.15, -0.1) is 0 Å². The van der Waals surface area contributed by atoms with Gasteiger partial charge < -0.3 is 9.84 Å². The highest BCUT2D eigenvalue weighted by atomic mass is 19.1. The van der Waals surface area contributed by atoms with Gasteiger partial charge in [0.05, 0.1) is 13.2 Å². The largest absolute Gasteiger partial charge is 0.497 e. The van der Waals surface area contributed by atoms with Gasteiger partial charge in [0.2, 0.25) is 0 Å². The van der Waals surface area contributed by atoms with Crippen LogP contribution in [0.25, 0.3) is 0 Å². The first-order valence-corrected chi connectivity index (χ1v) is 7.22. The van der Waals surface area contributed by atoms with Crippen LogP contribution in [0.3, 0.4) is 0 Å². The Hall–Kier alpha value is -1.09. The van der Waals surface area contributed by atoms with Crippen LogP contribution in [0.5, 0.6) is 5.75 Å². The third-order valence-corrected chi connectivity index (χ3v) is 5.69. The molecule has 3 aliphatic rings. The SMILES string of the molecule is COc1ccc(C(O)C2C3C4CCC(C4)C32)c(F)c1. The number of aliphatic hydroxyl groups excluding tert-OH is 1. The second-order valence-electron chi connectivity index (χ2n) is 6.40. The maximum atomic E-state index is 14.0. The molecule has 0 heterocycles. The molecule has 0 amide bonds. The predicted octanol–water partition coefficient (Wildman–Crippen LogP) is 3.16. The van der Waals surface area contributed by atoms with Crippen molar-refractivity contribution in [2.24, 2.45) is 29.6 Å². The van der Waals surface area contributed by atoms with E-state index < -0.39 is 6.10 Å². The van der Waals surface area contributed by atoms with Crippen LogP contribution in [0.1, 0.15) is 30.9 Å². The molecule has 1 aromatic carbocycles. The van der Waals surface area contributed by atoms with Crippen molar-refractivity contribution < 1.29 is 14.2 Å². The zero-order chi connectivity index (χ0) is 13.1. The summed E-state index contributed by atoms with van der Waals surface area (Å²) in [5, 5.41) is 10.5. The third kappa shape index (κ3) is 1.57. The van der Waals surface area contributed by atoms with E-state index in [1.54, 1.807) is 12.1 Å². The molecule has 102 valence electrons. The van der Waals surface area contributed by atoms with Crippen LogP contribution in [0, 0.1) is 35.4 Å². The Morgan fingerprint density at radius 3 is 2.53 bits per heavy atom. The molecule has 0 aromatic heterocycles. The zero-order valence-corrected chi connectivity index (χ0v) is 11.1. The lowest BCUT2D eigenvalue weighted by Crippen LogP contribution is -2.10. The maximum Gasteiger partial charge on any atom is 0.132 e. The van der Waals surface area contributed by atoms with E-state index in [0.29, 0.717) is 29.1 Å². The average Bonchev–Trinajstić information content (AvgIpc) is 2.86. The molecule has 3 aliphatic carbocycles. The van der Waals surface area contributed by atoms with E-state index in [1.165, 1.54) is 32.4 Å². The fourth-order valence-corrected chi connectivity index (χ4v) is 4.90. The highest BCUT2D eigenvalue weighted by Crippen LogP contribution is 2.72. The van der Waals surface area contributed by atoms with Crippen LogP contribution in [0.4, 0.5) is 4.39 Å². The summed E-state index contributed by atoms with van der Waals surface area (Å²) in [5.74, 6) is 3.39. The van der Waals surface area contributed by atoms with E-state index in [2.05, 4.69) is 0 Å². The lowest BCUT2D eigenvalue weighted by atomic mass is 9.94. The molecule has 0 radical (unpaired) electrons. The Bertz CT molecular complexity index is 499. The molecule has 5 unspecified atom stereocenters. The van der Waals surface area contributed by atoms with Crippen molar-refractivity contribution in [3.63, 3.8) is 0 Å². The number of halogens is 1. The van der Waals surface area contributed by atoms with Gasteiger partial charge in [0.1, 0.15) is 11.6 Å². The predicted molar refractivity (Wildman–Crippen MR) is 69.2 cm³/mol. The van der Waals surface area contributed by atoms with Crippen molar-refractivity contribution in [3.05, 3.63) is 29.6 Å². The Morgan fingerprint density at radius 2 is 1.95 bits per heavy atom. The molecule has 4 rings (SSSR count). The molecule has 1 N–H and O–H groups in total. The summed E-state index contributed by atoms with van der Waals surface area (Å²) in [7, 11) is 1.52. The van der Waals surface area contributed by atoms with Gasteiger partial charge in [-0.05, 0) is 61.0 Å². The van der Waals surface area contributed by atoms with E-state index in [1.807, 2.05) is 0 Å². The second-order valence-corrected chi connectivity index (χ2v) is 6.40. The van der Waals surface area contributed by atoms with Crippen molar-refractivity contribution in [1.29, 1.82) is 0 Å². The van der Waals surface area contributed by atoms with Crippen LogP contribution < -0.4 is 4.74 Å². The highest BCUT2D eigenvalue weighted by molar-refractivity contribution is 5.32. The van der Waals surface area contributed by atoms with Crippen LogP contribution in [0.15, 0.2) is 18.2 Å². The van der Waals surface area contributed by atoms with Crippen molar-refractivity contribution in [2.45, 2.75) is 25.4 Å². The molecule has 3 heteroatoms. The lowest BCUT2D eigenvalue weighted by molar-refractivity contribution is 0.126. The lowest BCUT2D eigenvalue weighted by Gasteiger charge is -2.16. The average molecular weight is 262 g/mol. The minimum atomic E-state index is -0.635. The van der Waals surface area contributed by atoms with Gasteiger partial charge in [-0.3, -0.25) is 0 Å². The number of aliphatic hydroxyl groups is 1. The summed E-state index contributed by atoms with van der Waals surface area (Å²) < 4.78 is 19.0. The normalized spacial score (nSPS) is 40.1. The van der Waals surface area contributed by atoms with E-state index in [4.69, 9.17) is 4.74 Å². The number of hydrogen-bond acceptors (Lipinski definition) is 2. The van der Waals surface area contributed by atoms with E-state index in [0.717, 1.165) is 11.8 Å². The summed E-state index contributed by atoms with van der Waals surface area (Å²) in [5.41, 5.74) is 0.444. The second kappa shape index (κ2) is 3.95. The molecule has 0 spiro atoms. The molecule has 19 heavy (non-hydrogen) atoms. The van der Waals surface area contributed by atoms with Gasteiger partial charge in [0, 0.05) is 11.6 Å². The molecular weight excluding hydrogens is 243 g/mol. The molecule has 2 nitrogen and oxygen atoms in total. The summed E-state index contributed by atoms with van der Waals surface area (Å²) in [6, 6.07) is 4.77. The number of hydrogen-bond donors (Lipinski definition) is 1. The van der Waals surface area contributed by atoms with Crippen molar-refractivity contribution in [1.82, 2.24) is 0 Å². The van der Waals surface area contributed by atoms with Crippen molar-refractivity contribution in [2.75, 3.05) is 7.11 Å². The molecule has 0 aliphatic heterocycles. The monoisotopic (exact) mass is 262 g/mol. The van der Waals surface area contributed by atoms with E-state index in [9.17, 15) is 9.50 Å². The van der Waals surface area contributed by atoms with Crippen LogP contribution in [-0.2, 0) is 0 Å². The quantitative estimate of drug-likeness (QED) is 0.906. The molecule has 0 saturated heterocycles. The van der Waals surface area contributed by atoms with Gasteiger partial charge in [0.15, 0.2) is 0 Å². The third-order valence-electron chi connectivity index (χ3n) is 5.69. The molecule has 2 bridgehead atoms. The number of ether oxygens (including phenoxy) is 1. The first kappa shape index (κ1) is 11.7. The number of benzene rings is 1. The van der Waals surface area contributed by atoms with Crippen molar-refractivity contribution >= 4 is 0 Å². The summed E-state index contributed by atoms with van der Waals surface area (Å²) in [6.07, 6.45) is 3.36. The topological polar surface area (TPSA) is 29.5 Å². The first-order valence-electron chi connectivity index (χ1n) is 7.22. The van der Waals surface area contributed by atoms with Crippen LogP contribution in [0.2, 0.25) is 0 Å². The van der Waals surface area contributed by atoms with Gasteiger partial charge in [-0.1, -0.05) is 0 Å². The fraction of sp³-hybridized carbons (Fsp3) is 0.625. The number of methoxy groups -OCH3 is 1. The Balaban J connectivity index is 1.57. The molecule has 3 fully saturated rings. The highest BCUT2D eigenvalue weighted by Gasteiger charge is 2.66. The molecule has 1 aromatic rings. The van der Waals surface area contributed by atoms with Gasteiger partial charge in [-0.25, -0.2) is 4.39 Å². The summed E-state index contributed by atoms with van der Waals surface area (Å²) in [4.78, 5) is 0. The van der Waals surface area contributed by atoms with Gasteiger partial charge in [-0.2, -0.15) is 0 Å². The maximum absolute atomic E-state index is 14.0. The number of fused-ring (bicyclic) bond motifs is 5. The minimum absolute atomic E-state index is 0.300. The fourth-order valence-electron chi connectivity index (χ4n) is 4.90. The molecule has 3 saturated carbocycles. The minimum Gasteiger partial charge on any atom is -0.497 e. The molecular formula is C16H19FO2. The zero-order valence-electron chi connectivity index (χ0n) is 11.1. The van der Waals surface area contributed by atoms with Crippen LogP contribution >= 0.6 is 0 Å². The smallest absolute Gasteiger partial charge is 0.132 e. The van der Waals surface area contributed by atoms with Gasteiger partial charge >= 0.3 is 0 Å². The van der Waals surface area contributed by atoms with Gasteiger partial charge in [0.25, 0.3) is 0 Å². The number of rotatable bonds is 3. The standard InChI is InChI=1S/C16H19FO2/c1-19-10-4-5-11(12(17)7-10)16(18)15-13-8-2-3-9(6-8)14(13)15/h4-5,7-9,13-16,18H,2-3,6H2,1H3. The first-order chi connectivity index (χ1) is 9.20. The summed E-state index contributed by atoms with van der Waals surface area (Å²) in [6.45, 7) is 0. The van der Waals surface area contributed by atoms with E-state index >= 15 is 0 Å². The Kier molecular flexibility index (Phi) is 2.44. The van der Waals surface area contributed by atoms with Crippen molar-refractivity contribution in [3.8, 4) is 5.75 Å². The van der Waals surface area contributed by atoms with E-state index in [-0.39, 0.29) is 5.82 Å².